The van der Waals surface area contributed by atoms with Crippen LogP contribution in [0.25, 0.3) is 0 Å². The number of hydrogen-bond acceptors (Lipinski definition) is 4. The van der Waals surface area contributed by atoms with E-state index >= 15 is 0 Å². The van der Waals surface area contributed by atoms with Gasteiger partial charge in [0.2, 0.25) is 11.8 Å². The highest BCUT2D eigenvalue weighted by Crippen LogP contribution is 2.22. The fourth-order valence-electron chi connectivity index (χ4n) is 1.51. The van der Waals surface area contributed by atoms with Crippen molar-refractivity contribution < 1.29 is 24.3 Å². The Kier molecular flexibility index (Phi) is 2.97. The van der Waals surface area contributed by atoms with Gasteiger partial charge in [0.05, 0.1) is 5.92 Å². The topological polar surface area (TPSA) is 95.0 Å². The van der Waals surface area contributed by atoms with Crippen LogP contribution in [0.5, 0.6) is 0 Å². The molecule has 0 saturated carbocycles. The second kappa shape index (κ2) is 3.92. The Morgan fingerprint density at radius 3 is 1.88 bits per heavy atom. The van der Waals surface area contributed by atoms with Crippen LogP contribution in [0.4, 0.5) is 4.79 Å². The molecule has 7 heteroatoms. The van der Waals surface area contributed by atoms with Gasteiger partial charge in [-0.3, -0.25) is 24.2 Å². The lowest BCUT2D eigenvalue weighted by Gasteiger charge is -2.34. The monoisotopic (exact) mass is 228 g/mol. The third kappa shape index (κ3) is 1.64. The zero-order valence-corrected chi connectivity index (χ0v) is 9.13. The molecule has 1 fully saturated rings. The maximum Gasteiger partial charge on any atom is 0.332 e. The molecule has 4 amide bonds. The summed E-state index contributed by atoms with van der Waals surface area (Å²) < 4.78 is 0. The van der Waals surface area contributed by atoms with Gasteiger partial charge < -0.3 is 5.11 Å². The molecule has 0 aromatic heterocycles. The molecule has 7 nitrogen and oxygen atoms in total. The molecule has 1 heterocycles. The maximum atomic E-state index is 11.6. The summed E-state index contributed by atoms with van der Waals surface area (Å²) in [6, 6.07) is -0.746. The number of hydrogen-bond donors (Lipinski definition) is 1. The average Bonchev–Trinajstić information content (AvgIpc) is 2.23. The molecule has 0 bridgehead atoms. The molecule has 0 aromatic rings. The smallest absolute Gasteiger partial charge is 0.332 e. The SMILES string of the molecule is C[C@@H](C(=O)O)C1C(=O)N(C)C(=O)N(C)C1=O. The van der Waals surface area contributed by atoms with Crippen molar-refractivity contribution in [2.75, 3.05) is 14.1 Å². The molecule has 1 N–H and O–H groups in total. The Bertz CT molecular complexity index is 354. The van der Waals surface area contributed by atoms with Crippen molar-refractivity contribution in [1.29, 1.82) is 0 Å². The lowest BCUT2D eigenvalue weighted by atomic mass is 9.90. The molecule has 88 valence electrons. The van der Waals surface area contributed by atoms with E-state index in [9.17, 15) is 19.2 Å². The van der Waals surface area contributed by atoms with Crippen molar-refractivity contribution in [2.24, 2.45) is 11.8 Å². The number of nitrogens with zero attached hydrogens (tertiary/aromatic N) is 2. The Hall–Kier alpha value is -1.92. The van der Waals surface area contributed by atoms with E-state index in [-0.39, 0.29) is 0 Å². The second-order valence-corrected chi connectivity index (χ2v) is 3.68. The van der Waals surface area contributed by atoms with Crippen molar-refractivity contribution in [1.82, 2.24) is 9.80 Å². The summed E-state index contributed by atoms with van der Waals surface area (Å²) in [6.45, 7) is 1.26. The molecule has 1 aliphatic heterocycles. The molecule has 0 aromatic carbocycles. The average molecular weight is 228 g/mol. The van der Waals surface area contributed by atoms with Gasteiger partial charge in [-0.2, -0.15) is 0 Å². The number of carbonyl (C=O) groups is 4. The van der Waals surface area contributed by atoms with Gasteiger partial charge in [0.15, 0.2) is 0 Å². The number of rotatable bonds is 2. The Balaban J connectivity index is 3.09. The van der Waals surface area contributed by atoms with Crippen LogP contribution in [0.2, 0.25) is 0 Å². The van der Waals surface area contributed by atoms with Crippen LogP contribution >= 0.6 is 0 Å². The molecule has 0 radical (unpaired) electrons. The quantitative estimate of drug-likeness (QED) is 0.635. The zero-order valence-electron chi connectivity index (χ0n) is 9.13. The highest BCUT2D eigenvalue weighted by atomic mass is 16.4. The molecule has 0 aliphatic carbocycles. The van der Waals surface area contributed by atoms with E-state index in [1.54, 1.807) is 0 Å². The lowest BCUT2D eigenvalue weighted by molar-refractivity contribution is -0.158. The van der Waals surface area contributed by atoms with Gasteiger partial charge in [-0.25, -0.2) is 4.79 Å². The van der Waals surface area contributed by atoms with E-state index in [2.05, 4.69) is 0 Å². The van der Waals surface area contributed by atoms with Crippen LogP contribution in [-0.4, -0.2) is 52.8 Å². The summed E-state index contributed by atoms with van der Waals surface area (Å²) in [5, 5.41) is 8.78. The largest absolute Gasteiger partial charge is 0.481 e. The number of carboxylic acids is 1. The van der Waals surface area contributed by atoms with Crippen LogP contribution in [-0.2, 0) is 14.4 Å². The number of urea groups is 1. The first-order valence-corrected chi connectivity index (χ1v) is 4.61. The summed E-state index contributed by atoms with van der Waals surface area (Å²) in [7, 11) is 2.43. The first kappa shape index (κ1) is 12.2. The van der Waals surface area contributed by atoms with Crippen LogP contribution in [0.15, 0.2) is 0 Å². The Morgan fingerprint density at radius 1 is 1.19 bits per heavy atom. The summed E-state index contributed by atoms with van der Waals surface area (Å²) in [5.41, 5.74) is 0. The summed E-state index contributed by atoms with van der Waals surface area (Å²) in [4.78, 5) is 46.9. The van der Waals surface area contributed by atoms with Gasteiger partial charge in [-0.1, -0.05) is 6.92 Å². The van der Waals surface area contributed by atoms with E-state index in [1.807, 2.05) is 0 Å². The highest BCUT2D eigenvalue weighted by molar-refractivity contribution is 6.17. The Labute approximate surface area is 91.6 Å². The maximum absolute atomic E-state index is 11.6. The van der Waals surface area contributed by atoms with Crippen LogP contribution in [0.1, 0.15) is 6.92 Å². The minimum atomic E-state index is -1.33. The summed E-state index contributed by atoms with van der Waals surface area (Å²) in [5.74, 6) is -5.28. The molecular formula is C9H12N2O5. The zero-order chi connectivity index (χ0) is 12.6. The molecule has 1 rings (SSSR count). The van der Waals surface area contributed by atoms with Gasteiger partial charge in [0, 0.05) is 14.1 Å². The van der Waals surface area contributed by atoms with Crippen LogP contribution in [0, 0.1) is 11.8 Å². The van der Waals surface area contributed by atoms with Gasteiger partial charge in [-0.05, 0) is 0 Å². The van der Waals surface area contributed by atoms with E-state index < -0.39 is 35.7 Å². The van der Waals surface area contributed by atoms with Crippen molar-refractivity contribution in [3.05, 3.63) is 0 Å². The van der Waals surface area contributed by atoms with Crippen LogP contribution < -0.4 is 0 Å². The van der Waals surface area contributed by atoms with Crippen molar-refractivity contribution in [3.63, 3.8) is 0 Å². The molecule has 1 atom stereocenters. The first-order chi connectivity index (χ1) is 7.29. The summed E-state index contributed by atoms with van der Waals surface area (Å²) >= 11 is 0. The van der Waals surface area contributed by atoms with Crippen molar-refractivity contribution in [2.45, 2.75) is 6.92 Å². The molecular weight excluding hydrogens is 216 g/mol. The Morgan fingerprint density at radius 2 is 1.56 bits per heavy atom. The normalized spacial score (nSPS) is 20.3. The molecule has 1 saturated heterocycles. The van der Waals surface area contributed by atoms with Gasteiger partial charge in [-0.15, -0.1) is 0 Å². The summed E-state index contributed by atoms with van der Waals surface area (Å²) in [6.07, 6.45) is 0. The standard InChI is InChI=1S/C9H12N2O5/c1-4(8(14)15)5-6(12)10(2)9(16)11(3)7(5)13/h4-5H,1-3H3,(H,14,15)/t4-/m1/s1. The fraction of sp³-hybridized carbons (Fsp3) is 0.556. The van der Waals surface area contributed by atoms with E-state index in [1.165, 1.54) is 21.0 Å². The van der Waals surface area contributed by atoms with Gasteiger partial charge in [0.25, 0.3) is 0 Å². The number of carbonyl (C=O) groups excluding carboxylic acids is 3. The van der Waals surface area contributed by atoms with Gasteiger partial charge in [0.1, 0.15) is 5.92 Å². The van der Waals surface area contributed by atoms with E-state index in [0.717, 1.165) is 9.80 Å². The third-order valence-corrected chi connectivity index (χ3v) is 2.66. The van der Waals surface area contributed by atoms with Gasteiger partial charge >= 0.3 is 12.0 Å². The predicted octanol–water partition coefficient (Wildman–Crippen LogP) is -0.626. The molecule has 1 aliphatic rings. The number of carboxylic acid groups (broad SMARTS) is 1. The first-order valence-electron chi connectivity index (χ1n) is 4.61. The minimum absolute atomic E-state index is 0.746. The fourth-order valence-corrected chi connectivity index (χ4v) is 1.51. The number of aliphatic carboxylic acids is 1. The van der Waals surface area contributed by atoms with Crippen molar-refractivity contribution in [3.8, 4) is 0 Å². The highest BCUT2D eigenvalue weighted by Gasteiger charge is 2.47. The second-order valence-electron chi connectivity index (χ2n) is 3.68. The predicted molar refractivity (Wildman–Crippen MR) is 51.2 cm³/mol. The minimum Gasteiger partial charge on any atom is -0.481 e. The van der Waals surface area contributed by atoms with E-state index in [0.29, 0.717) is 0 Å². The molecule has 0 unspecified atom stereocenters. The number of imide groups is 2. The lowest BCUT2D eigenvalue weighted by Crippen LogP contribution is -2.59. The van der Waals surface area contributed by atoms with Crippen molar-refractivity contribution >= 4 is 23.8 Å². The third-order valence-electron chi connectivity index (χ3n) is 2.66. The van der Waals surface area contributed by atoms with Crippen LogP contribution in [0.3, 0.4) is 0 Å². The van der Waals surface area contributed by atoms with E-state index in [4.69, 9.17) is 5.11 Å². The number of amides is 4. The number of barbiturate groups is 1. The molecule has 0 spiro atoms. The molecule has 16 heavy (non-hydrogen) atoms.